The molecular weight excluding hydrogens is 308 g/mol. The summed E-state index contributed by atoms with van der Waals surface area (Å²) in [7, 11) is -3.63. The number of aryl methyl sites for hydroxylation is 1. The van der Waals surface area contributed by atoms with Crippen LogP contribution >= 0.6 is 11.6 Å². The van der Waals surface area contributed by atoms with Crippen LogP contribution in [0, 0.1) is 6.92 Å². The molecule has 0 fully saturated rings. The largest absolute Gasteiger partial charge is 0.256 e. The first-order chi connectivity index (χ1) is 9.77. The van der Waals surface area contributed by atoms with Gasteiger partial charge in [0.15, 0.2) is 0 Å². The summed E-state index contributed by atoms with van der Waals surface area (Å²) in [6.45, 7) is 5.56. The van der Waals surface area contributed by atoms with Crippen molar-refractivity contribution in [3.63, 3.8) is 0 Å². The minimum atomic E-state index is -3.63. The Hall–Kier alpha value is -1.17. The molecule has 0 aliphatic rings. The number of nitrogens with one attached hydrogen (secondary N) is 1. The van der Waals surface area contributed by atoms with Gasteiger partial charge in [-0.25, -0.2) is 13.1 Å². The summed E-state index contributed by atoms with van der Waals surface area (Å²) in [5.74, 6) is 0.395. The van der Waals surface area contributed by atoms with Gasteiger partial charge in [-0.15, -0.1) is 11.6 Å². The van der Waals surface area contributed by atoms with E-state index in [0.29, 0.717) is 23.2 Å². The van der Waals surface area contributed by atoms with Gasteiger partial charge in [0.05, 0.1) is 10.4 Å². The molecule has 0 aliphatic carbocycles. The van der Waals surface area contributed by atoms with Crippen LogP contribution in [0.25, 0.3) is 10.9 Å². The maximum Gasteiger partial charge on any atom is 0.241 e. The third-order valence-corrected chi connectivity index (χ3v) is 5.30. The Bertz CT molecular complexity index is 757. The molecule has 2 rings (SSSR count). The van der Waals surface area contributed by atoms with Crippen molar-refractivity contribution in [1.29, 1.82) is 0 Å². The first-order valence-corrected chi connectivity index (χ1v) is 8.73. The molecule has 0 saturated carbocycles. The standard InChI is InChI=1S/C15H19ClN2O2S/c1-11-6-7-13(12-5-4-10-17-14(11)12)21(19,20)18-15(2,3)8-9-16/h4-7,10,18H,8-9H2,1-3H3. The molecule has 6 heteroatoms. The van der Waals surface area contributed by atoms with Gasteiger partial charge >= 0.3 is 0 Å². The van der Waals surface area contributed by atoms with Gasteiger partial charge in [0, 0.05) is 23.0 Å². The highest BCUT2D eigenvalue weighted by atomic mass is 35.5. The SMILES string of the molecule is Cc1ccc(S(=O)(=O)NC(C)(C)CCCl)c2cccnc12. The molecule has 1 aromatic carbocycles. The predicted octanol–water partition coefficient (Wildman–Crippen LogP) is 3.23. The van der Waals surface area contributed by atoms with Crippen LogP contribution in [0.15, 0.2) is 35.4 Å². The van der Waals surface area contributed by atoms with Crippen LogP contribution in [0.5, 0.6) is 0 Å². The summed E-state index contributed by atoms with van der Waals surface area (Å²) < 4.78 is 28.1. The van der Waals surface area contributed by atoms with Crippen LogP contribution in [0.3, 0.4) is 0 Å². The Morgan fingerprint density at radius 3 is 2.67 bits per heavy atom. The zero-order valence-corrected chi connectivity index (χ0v) is 13.9. The van der Waals surface area contributed by atoms with E-state index in [1.165, 1.54) is 0 Å². The second kappa shape index (κ2) is 5.91. The molecule has 2 aromatic rings. The van der Waals surface area contributed by atoms with Gasteiger partial charge in [-0.1, -0.05) is 6.07 Å². The first-order valence-electron chi connectivity index (χ1n) is 6.71. The number of benzene rings is 1. The van der Waals surface area contributed by atoms with E-state index < -0.39 is 15.6 Å². The summed E-state index contributed by atoms with van der Waals surface area (Å²) in [4.78, 5) is 4.52. The van der Waals surface area contributed by atoms with Gasteiger partial charge in [-0.2, -0.15) is 0 Å². The molecule has 0 atom stereocenters. The van der Waals surface area contributed by atoms with Crippen LogP contribution in [-0.4, -0.2) is 24.8 Å². The summed E-state index contributed by atoms with van der Waals surface area (Å²) in [5.41, 5.74) is 1.06. The van der Waals surface area contributed by atoms with E-state index in [9.17, 15) is 8.42 Å². The summed E-state index contributed by atoms with van der Waals surface area (Å²) in [6.07, 6.45) is 2.21. The number of fused-ring (bicyclic) bond motifs is 1. The van der Waals surface area contributed by atoms with Crippen molar-refractivity contribution in [2.75, 3.05) is 5.88 Å². The van der Waals surface area contributed by atoms with Crippen molar-refractivity contribution in [2.24, 2.45) is 0 Å². The Balaban J connectivity index is 2.54. The monoisotopic (exact) mass is 326 g/mol. The van der Waals surface area contributed by atoms with Crippen molar-refractivity contribution in [3.05, 3.63) is 36.0 Å². The second-order valence-electron chi connectivity index (χ2n) is 5.71. The van der Waals surface area contributed by atoms with Crippen molar-refractivity contribution in [1.82, 2.24) is 9.71 Å². The van der Waals surface area contributed by atoms with Gasteiger partial charge in [-0.3, -0.25) is 4.98 Å². The number of pyridine rings is 1. The van der Waals surface area contributed by atoms with E-state index in [-0.39, 0.29) is 4.90 Å². The Labute approximate surface area is 130 Å². The normalized spacial score (nSPS) is 12.8. The first kappa shape index (κ1) is 16.2. The number of alkyl halides is 1. The third-order valence-electron chi connectivity index (χ3n) is 3.35. The molecule has 1 aromatic heterocycles. The highest BCUT2D eigenvalue weighted by Gasteiger charge is 2.27. The van der Waals surface area contributed by atoms with Crippen LogP contribution < -0.4 is 4.72 Å². The summed E-state index contributed by atoms with van der Waals surface area (Å²) >= 11 is 5.73. The summed E-state index contributed by atoms with van der Waals surface area (Å²) in [5, 5.41) is 0.631. The quantitative estimate of drug-likeness (QED) is 0.858. The number of sulfonamides is 1. The predicted molar refractivity (Wildman–Crippen MR) is 86.2 cm³/mol. The Morgan fingerprint density at radius 1 is 1.29 bits per heavy atom. The molecule has 1 heterocycles. The minimum Gasteiger partial charge on any atom is -0.256 e. The van der Waals surface area contributed by atoms with Gasteiger partial charge in [0.25, 0.3) is 0 Å². The fourth-order valence-corrected chi connectivity index (χ4v) is 4.34. The van der Waals surface area contributed by atoms with E-state index in [4.69, 9.17) is 11.6 Å². The molecule has 0 bridgehead atoms. The zero-order chi connectivity index (χ0) is 15.7. The van der Waals surface area contributed by atoms with Crippen molar-refractivity contribution in [3.8, 4) is 0 Å². The van der Waals surface area contributed by atoms with Gasteiger partial charge < -0.3 is 0 Å². The molecule has 0 spiro atoms. The minimum absolute atomic E-state index is 0.249. The smallest absolute Gasteiger partial charge is 0.241 e. The molecule has 21 heavy (non-hydrogen) atoms. The lowest BCUT2D eigenvalue weighted by atomic mass is 10.0. The number of nitrogens with zero attached hydrogens (tertiary/aromatic N) is 1. The third kappa shape index (κ3) is 3.54. The number of rotatable bonds is 5. The van der Waals surface area contributed by atoms with E-state index in [0.717, 1.165) is 5.56 Å². The molecule has 4 nitrogen and oxygen atoms in total. The van der Waals surface area contributed by atoms with Crippen LogP contribution in [0.4, 0.5) is 0 Å². The van der Waals surface area contributed by atoms with Crippen molar-refractivity contribution in [2.45, 2.75) is 37.6 Å². The van der Waals surface area contributed by atoms with Gasteiger partial charge in [0.1, 0.15) is 0 Å². The zero-order valence-electron chi connectivity index (χ0n) is 12.4. The van der Waals surface area contributed by atoms with Crippen LogP contribution in [0.1, 0.15) is 25.8 Å². The molecule has 1 N–H and O–H groups in total. The topological polar surface area (TPSA) is 59.1 Å². The van der Waals surface area contributed by atoms with E-state index in [2.05, 4.69) is 9.71 Å². The fourth-order valence-electron chi connectivity index (χ4n) is 2.23. The molecule has 0 saturated heterocycles. The lowest BCUT2D eigenvalue weighted by molar-refractivity contribution is 0.442. The van der Waals surface area contributed by atoms with E-state index in [1.54, 1.807) is 30.5 Å². The van der Waals surface area contributed by atoms with E-state index in [1.807, 2.05) is 20.8 Å². The second-order valence-corrected chi connectivity index (χ2v) is 7.74. The van der Waals surface area contributed by atoms with Gasteiger partial charge in [-0.05, 0) is 51.0 Å². The molecule has 0 amide bonds. The van der Waals surface area contributed by atoms with Crippen LogP contribution in [-0.2, 0) is 10.0 Å². The average molecular weight is 327 g/mol. The number of aromatic nitrogens is 1. The van der Waals surface area contributed by atoms with Crippen molar-refractivity contribution >= 4 is 32.5 Å². The van der Waals surface area contributed by atoms with Crippen molar-refractivity contribution < 1.29 is 8.42 Å². The maximum atomic E-state index is 12.7. The molecule has 114 valence electrons. The average Bonchev–Trinajstić information content (AvgIpc) is 2.37. The summed E-state index contributed by atoms with van der Waals surface area (Å²) in [6, 6.07) is 6.92. The number of hydrogen-bond acceptors (Lipinski definition) is 3. The highest BCUT2D eigenvalue weighted by Crippen LogP contribution is 2.25. The van der Waals surface area contributed by atoms with Crippen LogP contribution in [0.2, 0.25) is 0 Å². The number of halogens is 1. The molecular formula is C15H19ClN2O2S. The lowest BCUT2D eigenvalue weighted by Crippen LogP contribution is -2.43. The van der Waals surface area contributed by atoms with Gasteiger partial charge in [0.2, 0.25) is 10.0 Å². The maximum absolute atomic E-state index is 12.7. The highest BCUT2D eigenvalue weighted by molar-refractivity contribution is 7.89. The van der Waals surface area contributed by atoms with E-state index >= 15 is 0 Å². The molecule has 0 unspecified atom stereocenters. The number of hydrogen-bond donors (Lipinski definition) is 1. The Kier molecular flexibility index (Phi) is 4.56. The fraction of sp³-hybridized carbons (Fsp3) is 0.400. The molecule has 0 aliphatic heterocycles. The molecule has 0 radical (unpaired) electrons. The Morgan fingerprint density at radius 2 is 2.00 bits per heavy atom. The lowest BCUT2D eigenvalue weighted by Gasteiger charge is -2.25.